The Morgan fingerprint density at radius 2 is 1.37 bits per heavy atom. The average molecular weight is 963 g/mol. The van der Waals surface area contributed by atoms with Crippen LogP contribution in [0.3, 0.4) is 0 Å². The van der Waals surface area contributed by atoms with E-state index in [1.165, 1.54) is 19.1 Å². The predicted molar refractivity (Wildman–Crippen MR) is 218 cm³/mol. The predicted octanol–water partition coefficient (Wildman–Crippen LogP) is -3.55. The number of carbonyl (C=O) groups excluding carboxylic acids is 3. The van der Waals surface area contributed by atoms with Crippen molar-refractivity contribution in [2.24, 2.45) is 41.4 Å². The van der Waals surface area contributed by atoms with Gasteiger partial charge in [-0.3, -0.25) is 9.59 Å². The van der Waals surface area contributed by atoms with E-state index in [1.807, 2.05) is 0 Å². The Morgan fingerprint density at radius 1 is 0.791 bits per heavy atom. The molecule has 378 valence electrons. The molecule has 24 nitrogen and oxygen atoms in total. The molecule has 1 saturated carbocycles. The highest BCUT2D eigenvalue weighted by molar-refractivity contribution is 5.90. The first-order chi connectivity index (χ1) is 31.8. The third-order valence-corrected chi connectivity index (χ3v) is 13.2. The summed E-state index contributed by atoms with van der Waals surface area (Å²) in [6, 6.07) is 0. The van der Waals surface area contributed by atoms with Gasteiger partial charge in [0.1, 0.15) is 48.8 Å². The van der Waals surface area contributed by atoms with E-state index in [0.29, 0.717) is 0 Å². The minimum atomic E-state index is -1.82. The van der Waals surface area contributed by atoms with Crippen LogP contribution in [-0.4, -0.2) is 200 Å². The number of allylic oxidation sites excluding steroid dienone is 1. The van der Waals surface area contributed by atoms with E-state index in [2.05, 4.69) is 6.58 Å². The number of carboxylic acids is 1. The summed E-state index contributed by atoms with van der Waals surface area (Å²) in [5.41, 5.74) is -0.376. The van der Waals surface area contributed by atoms with Gasteiger partial charge in [0.15, 0.2) is 12.6 Å². The van der Waals surface area contributed by atoms with E-state index in [-0.39, 0.29) is 29.7 Å². The number of rotatable bonds is 19. The van der Waals surface area contributed by atoms with Crippen LogP contribution in [-0.2, 0) is 61.8 Å². The van der Waals surface area contributed by atoms with Crippen LogP contribution in [0.25, 0.3) is 0 Å². The summed E-state index contributed by atoms with van der Waals surface area (Å²) in [6.07, 6.45) is -16.6. The largest absolute Gasteiger partial charge is 0.478 e. The number of aliphatic hydroxyl groups is 10. The molecule has 0 bridgehead atoms. The van der Waals surface area contributed by atoms with Crippen LogP contribution in [0.4, 0.5) is 0 Å². The molecule has 20 unspecified atom stereocenters. The van der Waals surface area contributed by atoms with Crippen LogP contribution in [0.2, 0.25) is 0 Å². The first-order valence-corrected chi connectivity index (χ1v) is 21.7. The minimum absolute atomic E-state index is 0.0911. The van der Waals surface area contributed by atoms with E-state index >= 15 is 0 Å². The van der Waals surface area contributed by atoms with Gasteiger partial charge in [0.05, 0.1) is 76.2 Å². The van der Waals surface area contributed by atoms with Crippen molar-refractivity contribution in [2.45, 2.75) is 113 Å². The van der Waals surface area contributed by atoms with Gasteiger partial charge in [0.2, 0.25) is 12.6 Å². The number of esters is 3. The van der Waals surface area contributed by atoms with Crippen molar-refractivity contribution < 1.29 is 118 Å². The van der Waals surface area contributed by atoms with Crippen molar-refractivity contribution in [3.05, 3.63) is 48.0 Å². The Labute approximate surface area is 384 Å². The average Bonchev–Trinajstić information content (AvgIpc) is 3.59. The van der Waals surface area contributed by atoms with Crippen LogP contribution in [0.5, 0.6) is 0 Å². The summed E-state index contributed by atoms with van der Waals surface area (Å²) >= 11 is 0. The number of methoxy groups -OCH3 is 1. The summed E-state index contributed by atoms with van der Waals surface area (Å²) in [4.78, 5) is 52.1. The number of ether oxygens (including phenoxy) is 9. The van der Waals surface area contributed by atoms with Crippen molar-refractivity contribution in [1.82, 2.24) is 0 Å². The fourth-order valence-corrected chi connectivity index (χ4v) is 9.13. The van der Waals surface area contributed by atoms with Gasteiger partial charge in [-0.15, -0.1) is 6.58 Å². The smallest absolute Gasteiger partial charge is 0.337 e. The molecule has 20 atom stereocenters. The highest BCUT2D eigenvalue weighted by Crippen LogP contribution is 2.43. The number of hydrogen-bond donors (Lipinski definition) is 11. The lowest BCUT2D eigenvalue weighted by Crippen LogP contribution is -2.60. The van der Waals surface area contributed by atoms with Gasteiger partial charge in [0.25, 0.3) is 0 Å². The summed E-state index contributed by atoms with van der Waals surface area (Å²) in [7, 11) is 1.11. The molecule has 4 heterocycles. The van der Waals surface area contributed by atoms with Crippen molar-refractivity contribution in [2.75, 3.05) is 40.1 Å². The molecule has 5 rings (SSSR count). The van der Waals surface area contributed by atoms with E-state index in [9.17, 15) is 75.3 Å². The lowest BCUT2D eigenvalue weighted by atomic mass is 9.81. The number of carboxylic acid groups (broad SMARTS) is 1. The number of carbonyl (C=O) groups is 4. The Morgan fingerprint density at radius 3 is 1.91 bits per heavy atom. The lowest BCUT2D eigenvalue weighted by molar-refractivity contribution is -0.339. The van der Waals surface area contributed by atoms with Crippen LogP contribution in [0.15, 0.2) is 48.0 Å². The summed E-state index contributed by atoms with van der Waals surface area (Å²) in [5, 5.41) is 112. The minimum Gasteiger partial charge on any atom is -0.478 e. The molecule has 0 amide bonds. The standard InChI is InChI=1S/C43H62O24/c1-5-19-22(25(38(56)57)15-62-40(19)66-42-36(54)34(52)32(50)28(11-45)64-42)8-30(48)60-13-18(10-44)21-7-27(47)17(3)24(21)14-61-31(49)9-23-20(6-2)41(63-16-26(23)39(58)59-4)67-43-37(55)35(53)33(51)29(12-46)65-43/h5-6,15-18,20-24,27-29,32-37,40-47,50-55H,2,7-14H2,1,3-4H3,(H,56,57)/b19-5-. The second kappa shape index (κ2) is 23.9. The fraction of sp³-hybridized carbons (Fsp3) is 0.721. The van der Waals surface area contributed by atoms with Crippen molar-refractivity contribution in [3.63, 3.8) is 0 Å². The molecule has 67 heavy (non-hydrogen) atoms. The van der Waals surface area contributed by atoms with Crippen molar-refractivity contribution in [3.8, 4) is 0 Å². The molecule has 4 aliphatic heterocycles. The molecule has 2 saturated heterocycles. The second-order valence-corrected chi connectivity index (χ2v) is 17.0. The van der Waals surface area contributed by atoms with E-state index in [0.717, 1.165) is 19.6 Å². The Balaban J connectivity index is 1.23. The van der Waals surface area contributed by atoms with Gasteiger partial charge in [-0.05, 0) is 25.2 Å². The van der Waals surface area contributed by atoms with Crippen LogP contribution in [0, 0.1) is 41.4 Å². The van der Waals surface area contributed by atoms with Gasteiger partial charge >= 0.3 is 23.9 Å². The Bertz CT molecular complexity index is 1820. The second-order valence-electron chi connectivity index (χ2n) is 17.0. The van der Waals surface area contributed by atoms with Crippen LogP contribution < -0.4 is 0 Å². The highest BCUT2D eigenvalue weighted by atomic mass is 16.8. The van der Waals surface area contributed by atoms with Gasteiger partial charge in [-0.25, -0.2) is 9.59 Å². The van der Waals surface area contributed by atoms with E-state index in [4.69, 9.17) is 42.6 Å². The number of hydrogen-bond acceptors (Lipinski definition) is 23. The monoisotopic (exact) mass is 962 g/mol. The fourth-order valence-electron chi connectivity index (χ4n) is 9.13. The zero-order valence-electron chi connectivity index (χ0n) is 36.9. The first-order valence-electron chi connectivity index (χ1n) is 21.7. The highest BCUT2D eigenvalue weighted by Gasteiger charge is 2.50. The SMILES string of the molecule is C=CC1C(OC2OC(CO)C(O)C(O)C2O)OC=C(C(=O)OC)C1CC(=O)OCC1C(C)C(O)CC1C(CO)COC(=O)CC1C(C(=O)O)=COC(OC2OC(CO)C(O)C(O)C2O)/C1=C\C. The lowest BCUT2D eigenvalue weighted by Gasteiger charge is -2.42. The summed E-state index contributed by atoms with van der Waals surface area (Å²) in [6.45, 7) is 4.28. The number of aliphatic carboxylic acids is 1. The third kappa shape index (κ3) is 12.0. The number of aliphatic hydroxyl groups excluding tert-OH is 10. The Hall–Kier alpha value is -4.12. The molecule has 0 aromatic carbocycles. The maximum atomic E-state index is 13.6. The maximum absolute atomic E-state index is 13.6. The van der Waals surface area contributed by atoms with Gasteiger partial charge in [0, 0.05) is 41.8 Å². The van der Waals surface area contributed by atoms with Crippen molar-refractivity contribution in [1.29, 1.82) is 0 Å². The molecule has 0 spiro atoms. The summed E-state index contributed by atoms with van der Waals surface area (Å²) in [5.74, 6) is -9.80. The van der Waals surface area contributed by atoms with E-state index < -0.39 is 185 Å². The normalized spacial score (nSPS) is 39.8. The molecule has 11 N–H and O–H groups in total. The maximum Gasteiger partial charge on any atom is 0.337 e. The van der Waals surface area contributed by atoms with E-state index in [1.54, 1.807) is 6.92 Å². The zero-order chi connectivity index (χ0) is 49.4. The summed E-state index contributed by atoms with van der Waals surface area (Å²) < 4.78 is 49.6. The van der Waals surface area contributed by atoms with Gasteiger partial charge in [-0.2, -0.15) is 0 Å². The molecular weight excluding hydrogens is 900 g/mol. The van der Waals surface area contributed by atoms with Crippen LogP contribution in [0.1, 0.15) is 33.1 Å². The zero-order valence-corrected chi connectivity index (χ0v) is 36.9. The topological polar surface area (TPSA) is 374 Å². The van der Waals surface area contributed by atoms with Gasteiger partial charge < -0.3 is 98.8 Å². The first kappa shape index (κ1) is 53.8. The molecule has 1 aliphatic carbocycles. The quantitative estimate of drug-likeness (QED) is 0.0339. The Kier molecular flexibility index (Phi) is 19.2. The molecule has 3 fully saturated rings. The molecule has 24 heteroatoms. The molecular formula is C43H62O24. The van der Waals surface area contributed by atoms with Gasteiger partial charge in [-0.1, -0.05) is 19.1 Å². The molecule has 0 aromatic rings. The van der Waals surface area contributed by atoms with Crippen LogP contribution >= 0.6 is 0 Å². The molecule has 0 aromatic heterocycles. The third-order valence-electron chi connectivity index (χ3n) is 13.2. The van der Waals surface area contributed by atoms with Crippen molar-refractivity contribution >= 4 is 23.9 Å². The molecule has 0 radical (unpaired) electrons. The molecule has 5 aliphatic rings.